The minimum Gasteiger partial charge on any atom is -0.379 e. The van der Waals surface area contributed by atoms with Crippen LogP contribution < -0.4 is 0 Å². The molecule has 0 radical (unpaired) electrons. The van der Waals surface area contributed by atoms with Crippen molar-refractivity contribution in [3.63, 3.8) is 0 Å². The molecule has 1 aromatic heterocycles. The summed E-state index contributed by atoms with van der Waals surface area (Å²) in [7, 11) is 4.10. The van der Waals surface area contributed by atoms with Crippen LogP contribution in [-0.2, 0) is 9.53 Å². The molecule has 21 heavy (non-hydrogen) atoms. The molecule has 1 fully saturated rings. The van der Waals surface area contributed by atoms with Crippen LogP contribution in [0.15, 0.2) is 29.4 Å². The number of carbonyl (C=O) groups is 1. The minimum atomic E-state index is 0.167. The van der Waals surface area contributed by atoms with Gasteiger partial charge < -0.3 is 14.5 Å². The number of thioether (sulfide) groups is 1. The molecule has 0 spiro atoms. The fraction of sp³-hybridized carbons (Fsp3) is 0.600. The fourth-order valence-electron chi connectivity index (χ4n) is 2.39. The van der Waals surface area contributed by atoms with Gasteiger partial charge in [-0.25, -0.2) is 4.98 Å². The molecule has 2 heterocycles. The van der Waals surface area contributed by atoms with E-state index in [9.17, 15) is 4.79 Å². The minimum absolute atomic E-state index is 0.167. The van der Waals surface area contributed by atoms with Crippen molar-refractivity contribution in [2.24, 2.45) is 5.92 Å². The average Bonchev–Trinajstić information content (AvgIpc) is 2.71. The first-order chi connectivity index (χ1) is 10.1. The molecule has 6 heteroatoms. The largest absolute Gasteiger partial charge is 0.379 e. The van der Waals surface area contributed by atoms with Crippen molar-refractivity contribution in [2.75, 3.05) is 52.7 Å². The fourth-order valence-corrected chi connectivity index (χ4v) is 3.16. The van der Waals surface area contributed by atoms with E-state index in [2.05, 4.69) is 9.88 Å². The number of hydrogen-bond donors (Lipinski definition) is 0. The highest BCUT2D eigenvalue weighted by atomic mass is 32.2. The summed E-state index contributed by atoms with van der Waals surface area (Å²) in [5.41, 5.74) is 0. The highest BCUT2D eigenvalue weighted by Gasteiger charge is 2.22. The summed E-state index contributed by atoms with van der Waals surface area (Å²) < 4.78 is 5.61. The zero-order chi connectivity index (χ0) is 15.1. The van der Waals surface area contributed by atoms with E-state index < -0.39 is 0 Å². The molecule has 1 aliphatic rings. The Hall–Kier alpha value is -1.11. The summed E-state index contributed by atoms with van der Waals surface area (Å²) in [5, 5.41) is 0.891. The first-order valence-corrected chi connectivity index (χ1v) is 8.18. The molecule has 1 amide bonds. The molecule has 116 valence electrons. The Balaban J connectivity index is 1.85. The molecule has 1 unspecified atom stereocenters. The van der Waals surface area contributed by atoms with Gasteiger partial charge in [-0.3, -0.25) is 4.79 Å². The van der Waals surface area contributed by atoms with Crippen LogP contribution in [0.25, 0.3) is 0 Å². The lowest BCUT2D eigenvalue weighted by Crippen LogP contribution is -2.39. The van der Waals surface area contributed by atoms with Crippen molar-refractivity contribution in [3.05, 3.63) is 24.4 Å². The maximum Gasteiger partial charge on any atom is 0.233 e. The highest BCUT2D eigenvalue weighted by molar-refractivity contribution is 7.99. The summed E-state index contributed by atoms with van der Waals surface area (Å²) in [6, 6.07) is 5.74. The summed E-state index contributed by atoms with van der Waals surface area (Å²) >= 11 is 1.49. The second-order valence-electron chi connectivity index (χ2n) is 5.50. The van der Waals surface area contributed by atoms with Crippen molar-refractivity contribution in [1.29, 1.82) is 0 Å². The molecule has 1 aliphatic heterocycles. The van der Waals surface area contributed by atoms with Gasteiger partial charge in [0.1, 0.15) is 0 Å². The van der Waals surface area contributed by atoms with E-state index in [-0.39, 0.29) is 5.91 Å². The lowest BCUT2D eigenvalue weighted by atomic mass is 10.1. The number of amides is 1. The molecular weight excluding hydrogens is 286 g/mol. The van der Waals surface area contributed by atoms with Gasteiger partial charge in [0.15, 0.2) is 0 Å². The van der Waals surface area contributed by atoms with Gasteiger partial charge in [0.2, 0.25) is 5.91 Å². The maximum absolute atomic E-state index is 12.4. The second kappa shape index (κ2) is 8.36. The Kier molecular flexibility index (Phi) is 6.48. The lowest BCUT2D eigenvalue weighted by molar-refractivity contribution is -0.128. The zero-order valence-electron chi connectivity index (χ0n) is 12.7. The number of carbonyl (C=O) groups excluding carboxylic acids is 1. The number of nitrogens with zero attached hydrogens (tertiary/aromatic N) is 3. The molecule has 2 rings (SSSR count). The smallest absolute Gasteiger partial charge is 0.233 e. The van der Waals surface area contributed by atoms with Crippen molar-refractivity contribution in [3.8, 4) is 0 Å². The van der Waals surface area contributed by atoms with Gasteiger partial charge in [-0.05, 0) is 26.2 Å². The van der Waals surface area contributed by atoms with E-state index in [1.54, 1.807) is 6.20 Å². The topological polar surface area (TPSA) is 45.7 Å². The van der Waals surface area contributed by atoms with Crippen LogP contribution in [0.4, 0.5) is 0 Å². The van der Waals surface area contributed by atoms with Crippen LogP contribution in [0.1, 0.15) is 0 Å². The molecule has 0 bridgehead atoms. The van der Waals surface area contributed by atoms with E-state index in [0.717, 1.165) is 24.7 Å². The standard InChI is InChI=1S/C15H23N3O2S/c1-17(2)9-13-10-18(7-8-20-11-13)15(19)12-21-14-5-3-4-6-16-14/h3-6,13H,7-12H2,1-2H3. The van der Waals surface area contributed by atoms with Crippen molar-refractivity contribution >= 4 is 17.7 Å². The normalized spacial score (nSPS) is 19.6. The SMILES string of the molecule is CN(C)CC1COCCN(C(=O)CSc2ccccn2)C1. The van der Waals surface area contributed by atoms with Crippen LogP contribution >= 0.6 is 11.8 Å². The highest BCUT2D eigenvalue weighted by Crippen LogP contribution is 2.16. The van der Waals surface area contributed by atoms with Crippen LogP contribution in [0.2, 0.25) is 0 Å². The molecule has 1 aromatic rings. The maximum atomic E-state index is 12.4. The molecule has 1 atom stereocenters. The summed E-state index contributed by atoms with van der Waals surface area (Å²) in [6.07, 6.45) is 1.75. The van der Waals surface area contributed by atoms with Gasteiger partial charge in [0, 0.05) is 31.7 Å². The van der Waals surface area contributed by atoms with Crippen LogP contribution in [0.5, 0.6) is 0 Å². The van der Waals surface area contributed by atoms with Crippen LogP contribution in [-0.4, -0.2) is 73.4 Å². The lowest BCUT2D eigenvalue weighted by Gasteiger charge is -2.25. The van der Waals surface area contributed by atoms with Gasteiger partial charge in [-0.15, -0.1) is 0 Å². The Morgan fingerprint density at radius 1 is 1.52 bits per heavy atom. The van der Waals surface area contributed by atoms with E-state index >= 15 is 0 Å². The third kappa shape index (κ3) is 5.65. The summed E-state index contributed by atoms with van der Waals surface area (Å²) in [5.74, 6) is 0.984. The third-order valence-corrected chi connectivity index (χ3v) is 4.22. The van der Waals surface area contributed by atoms with Crippen molar-refractivity contribution in [1.82, 2.24) is 14.8 Å². The van der Waals surface area contributed by atoms with Crippen molar-refractivity contribution in [2.45, 2.75) is 5.03 Å². The summed E-state index contributed by atoms with van der Waals surface area (Å²) in [6.45, 7) is 3.77. The Labute approximate surface area is 130 Å². The predicted molar refractivity (Wildman–Crippen MR) is 84.4 cm³/mol. The number of ether oxygens (including phenoxy) is 1. The van der Waals surface area contributed by atoms with Gasteiger partial charge in [0.25, 0.3) is 0 Å². The quantitative estimate of drug-likeness (QED) is 0.765. The monoisotopic (exact) mass is 309 g/mol. The van der Waals surface area contributed by atoms with Gasteiger partial charge in [-0.2, -0.15) is 0 Å². The Morgan fingerprint density at radius 3 is 3.10 bits per heavy atom. The van der Waals surface area contributed by atoms with E-state index in [1.165, 1.54) is 11.8 Å². The number of aromatic nitrogens is 1. The van der Waals surface area contributed by atoms with Gasteiger partial charge >= 0.3 is 0 Å². The second-order valence-corrected chi connectivity index (χ2v) is 6.50. The molecule has 1 saturated heterocycles. The molecule has 0 aliphatic carbocycles. The number of hydrogen-bond acceptors (Lipinski definition) is 5. The predicted octanol–water partition coefficient (Wildman–Crippen LogP) is 1.21. The number of pyridine rings is 1. The van der Waals surface area contributed by atoms with Gasteiger partial charge in [0.05, 0.1) is 24.0 Å². The molecule has 0 aromatic carbocycles. The molecule has 0 N–H and O–H groups in total. The average molecular weight is 309 g/mol. The first kappa shape index (κ1) is 16.3. The molecule has 5 nitrogen and oxygen atoms in total. The molecule has 0 saturated carbocycles. The summed E-state index contributed by atoms with van der Waals surface area (Å²) in [4.78, 5) is 20.7. The van der Waals surface area contributed by atoms with E-state index in [0.29, 0.717) is 24.8 Å². The van der Waals surface area contributed by atoms with Crippen LogP contribution in [0, 0.1) is 5.92 Å². The zero-order valence-corrected chi connectivity index (χ0v) is 13.5. The Morgan fingerprint density at radius 2 is 2.38 bits per heavy atom. The molecular formula is C15H23N3O2S. The van der Waals surface area contributed by atoms with E-state index in [1.807, 2.05) is 37.2 Å². The Bertz CT molecular complexity index is 442. The number of rotatable bonds is 5. The first-order valence-electron chi connectivity index (χ1n) is 7.19. The van der Waals surface area contributed by atoms with Crippen LogP contribution in [0.3, 0.4) is 0 Å². The third-order valence-electron chi connectivity index (χ3n) is 3.30. The van der Waals surface area contributed by atoms with E-state index in [4.69, 9.17) is 4.74 Å². The van der Waals surface area contributed by atoms with Gasteiger partial charge in [-0.1, -0.05) is 17.8 Å². The van der Waals surface area contributed by atoms with Crippen molar-refractivity contribution < 1.29 is 9.53 Å².